The number of hydrogen-bond donors (Lipinski definition) is 1. The molecule has 3 heterocycles. The molecule has 27 heavy (non-hydrogen) atoms. The van der Waals surface area contributed by atoms with E-state index in [0.717, 1.165) is 39.5 Å². The zero-order chi connectivity index (χ0) is 18.6. The smallest absolute Gasteiger partial charge is 0.224 e. The van der Waals surface area contributed by atoms with Crippen LogP contribution in [0.2, 0.25) is 0 Å². The highest BCUT2D eigenvalue weighted by Gasteiger charge is 2.12. The molecule has 1 aromatic carbocycles. The van der Waals surface area contributed by atoms with Gasteiger partial charge < -0.3 is 5.32 Å². The standard InChI is InChI=1S/C21H20N4OS/c1-2-19-24-18-6-3-11-22-21(18)25(19)16-9-7-15(8-10-16)13-20(26)23-14-17-5-4-12-27-17/h3-12H,2,13-14H2,1H3,(H,23,26). The molecule has 0 radical (unpaired) electrons. The van der Waals surface area contributed by atoms with Crippen LogP contribution in [0.3, 0.4) is 0 Å². The molecular formula is C21H20N4OS. The highest BCUT2D eigenvalue weighted by Crippen LogP contribution is 2.20. The second kappa shape index (κ2) is 7.72. The average Bonchev–Trinajstić information content (AvgIpc) is 3.34. The van der Waals surface area contributed by atoms with E-state index in [2.05, 4.69) is 26.8 Å². The number of hydrogen-bond acceptors (Lipinski definition) is 4. The van der Waals surface area contributed by atoms with Gasteiger partial charge in [0.2, 0.25) is 5.91 Å². The number of carbonyl (C=O) groups is 1. The van der Waals surface area contributed by atoms with Crippen molar-refractivity contribution in [2.45, 2.75) is 26.3 Å². The first-order chi connectivity index (χ1) is 13.2. The van der Waals surface area contributed by atoms with Crippen LogP contribution in [0.25, 0.3) is 16.9 Å². The van der Waals surface area contributed by atoms with E-state index >= 15 is 0 Å². The summed E-state index contributed by atoms with van der Waals surface area (Å²) in [4.78, 5) is 22.5. The van der Waals surface area contributed by atoms with Crippen molar-refractivity contribution in [1.82, 2.24) is 19.9 Å². The number of nitrogens with zero attached hydrogens (tertiary/aromatic N) is 3. The number of pyridine rings is 1. The topological polar surface area (TPSA) is 59.8 Å². The summed E-state index contributed by atoms with van der Waals surface area (Å²) in [5, 5.41) is 4.98. The summed E-state index contributed by atoms with van der Waals surface area (Å²) in [6.07, 6.45) is 2.98. The van der Waals surface area contributed by atoms with Crippen molar-refractivity contribution in [3.8, 4) is 5.69 Å². The zero-order valence-electron chi connectivity index (χ0n) is 15.1. The number of thiophene rings is 1. The molecule has 0 bridgehead atoms. The van der Waals surface area contributed by atoms with Crippen LogP contribution in [0.5, 0.6) is 0 Å². The van der Waals surface area contributed by atoms with E-state index in [1.54, 1.807) is 17.5 Å². The predicted octanol–water partition coefficient (Wildman–Crippen LogP) is 3.90. The van der Waals surface area contributed by atoms with Gasteiger partial charge in [-0.1, -0.05) is 25.1 Å². The van der Waals surface area contributed by atoms with Crippen molar-refractivity contribution in [2.24, 2.45) is 0 Å². The van der Waals surface area contributed by atoms with Gasteiger partial charge in [-0.3, -0.25) is 9.36 Å². The van der Waals surface area contributed by atoms with Gasteiger partial charge in [-0.2, -0.15) is 0 Å². The lowest BCUT2D eigenvalue weighted by molar-refractivity contribution is -0.120. The van der Waals surface area contributed by atoms with Crippen molar-refractivity contribution in [2.75, 3.05) is 0 Å². The zero-order valence-corrected chi connectivity index (χ0v) is 15.9. The largest absolute Gasteiger partial charge is 0.351 e. The Kier molecular flexibility index (Phi) is 4.98. The van der Waals surface area contributed by atoms with Gasteiger partial charge in [0, 0.05) is 23.2 Å². The van der Waals surface area contributed by atoms with Gasteiger partial charge in [0.1, 0.15) is 11.3 Å². The van der Waals surface area contributed by atoms with Crippen LogP contribution in [0.4, 0.5) is 0 Å². The fourth-order valence-electron chi connectivity index (χ4n) is 3.08. The average molecular weight is 376 g/mol. The molecule has 0 aliphatic carbocycles. The molecule has 0 atom stereocenters. The van der Waals surface area contributed by atoms with E-state index in [9.17, 15) is 4.79 Å². The number of amides is 1. The summed E-state index contributed by atoms with van der Waals surface area (Å²) >= 11 is 1.65. The van der Waals surface area contributed by atoms with E-state index in [0.29, 0.717) is 13.0 Å². The van der Waals surface area contributed by atoms with Gasteiger partial charge in [-0.25, -0.2) is 9.97 Å². The summed E-state index contributed by atoms with van der Waals surface area (Å²) < 4.78 is 2.08. The van der Waals surface area contributed by atoms with Gasteiger partial charge >= 0.3 is 0 Å². The third-order valence-electron chi connectivity index (χ3n) is 4.40. The van der Waals surface area contributed by atoms with Gasteiger partial charge in [0.25, 0.3) is 0 Å². The Hall–Kier alpha value is -2.99. The lowest BCUT2D eigenvalue weighted by atomic mass is 10.1. The number of imidazole rings is 1. The third-order valence-corrected chi connectivity index (χ3v) is 5.28. The molecule has 0 saturated carbocycles. The molecular weight excluding hydrogens is 356 g/mol. The van der Waals surface area contributed by atoms with Gasteiger partial charge in [0.15, 0.2) is 5.65 Å². The van der Waals surface area contributed by atoms with Crippen molar-refractivity contribution in [3.63, 3.8) is 0 Å². The van der Waals surface area contributed by atoms with E-state index in [4.69, 9.17) is 0 Å². The number of rotatable bonds is 6. The first-order valence-electron chi connectivity index (χ1n) is 8.95. The number of benzene rings is 1. The predicted molar refractivity (Wildman–Crippen MR) is 108 cm³/mol. The van der Waals surface area contributed by atoms with Crippen molar-refractivity contribution >= 4 is 28.4 Å². The van der Waals surface area contributed by atoms with Crippen molar-refractivity contribution in [3.05, 3.63) is 76.4 Å². The Morgan fingerprint density at radius 1 is 1.15 bits per heavy atom. The van der Waals surface area contributed by atoms with Crippen molar-refractivity contribution in [1.29, 1.82) is 0 Å². The Morgan fingerprint density at radius 3 is 2.74 bits per heavy atom. The normalized spacial score (nSPS) is 11.0. The lowest BCUT2D eigenvalue weighted by Gasteiger charge is -2.09. The second-order valence-corrected chi connectivity index (χ2v) is 7.29. The summed E-state index contributed by atoms with van der Waals surface area (Å²) in [5.41, 5.74) is 3.75. The number of aromatic nitrogens is 3. The monoisotopic (exact) mass is 376 g/mol. The highest BCUT2D eigenvalue weighted by molar-refractivity contribution is 7.09. The number of aryl methyl sites for hydroxylation is 1. The van der Waals surface area contributed by atoms with Crippen LogP contribution < -0.4 is 5.32 Å². The minimum absolute atomic E-state index is 0.0279. The molecule has 6 heteroatoms. The fraction of sp³-hybridized carbons (Fsp3) is 0.190. The molecule has 0 aliphatic heterocycles. The van der Waals surface area contributed by atoms with Crippen LogP contribution in [-0.2, 0) is 24.2 Å². The SMILES string of the molecule is CCc1nc2cccnc2n1-c1ccc(CC(=O)NCc2cccs2)cc1. The molecule has 0 saturated heterocycles. The van der Waals surface area contributed by atoms with Crippen LogP contribution in [0.15, 0.2) is 60.1 Å². The van der Waals surface area contributed by atoms with E-state index < -0.39 is 0 Å². The van der Waals surface area contributed by atoms with Crippen molar-refractivity contribution < 1.29 is 4.79 Å². The summed E-state index contributed by atoms with van der Waals surface area (Å²) in [6, 6.07) is 15.9. The Bertz CT molecular complexity index is 1050. The van der Waals surface area contributed by atoms with E-state index in [1.165, 1.54) is 0 Å². The maximum atomic E-state index is 12.2. The molecule has 0 unspecified atom stereocenters. The maximum Gasteiger partial charge on any atom is 0.224 e. The van der Waals surface area contributed by atoms with Crippen LogP contribution in [0.1, 0.15) is 23.2 Å². The van der Waals surface area contributed by atoms with E-state index in [-0.39, 0.29) is 5.91 Å². The molecule has 1 N–H and O–H groups in total. The summed E-state index contributed by atoms with van der Waals surface area (Å²) in [7, 11) is 0. The molecule has 1 amide bonds. The minimum atomic E-state index is 0.0279. The molecule has 0 fully saturated rings. The molecule has 5 nitrogen and oxygen atoms in total. The van der Waals surface area contributed by atoms with Crippen LogP contribution in [0, 0.1) is 0 Å². The van der Waals surface area contributed by atoms with Gasteiger partial charge in [-0.15, -0.1) is 11.3 Å². The Morgan fingerprint density at radius 2 is 2.00 bits per heavy atom. The first-order valence-corrected chi connectivity index (χ1v) is 9.83. The minimum Gasteiger partial charge on any atom is -0.351 e. The van der Waals surface area contributed by atoms with Gasteiger partial charge in [0.05, 0.1) is 13.0 Å². The molecule has 0 spiro atoms. The third kappa shape index (κ3) is 3.75. The Labute approximate surface area is 161 Å². The molecule has 0 aliphatic rings. The number of carbonyl (C=O) groups excluding carboxylic acids is 1. The highest BCUT2D eigenvalue weighted by atomic mass is 32.1. The van der Waals surface area contributed by atoms with Crippen LogP contribution in [-0.4, -0.2) is 20.4 Å². The van der Waals surface area contributed by atoms with E-state index in [1.807, 2.05) is 53.9 Å². The second-order valence-electron chi connectivity index (χ2n) is 6.26. The lowest BCUT2D eigenvalue weighted by Crippen LogP contribution is -2.24. The van der Waals surface area contributed by atoms with Gasteiger partial charge in [-0.05, 0) is 41.3 Å². The number of nitrogens with one attached hydrogen (secondary N) is 1. The first kappa shape index (κ1) is 17.4. The molecule has 3 aromatic heterocycles. The summed E-state index contributed by atoms with van der Waals surface area (Å²) in [6.45, 7) is 2.67. The molecule has 4 aromatic rings. The Balaban J connectivity index is 1.50. The maximum absolute atomic E-state index is 12.2. The van der Waals surface area contributed by atoms with Crippen LogP contribution >= 0.6 is 11.3 Å². The molecule has 4 rings (SSSR count). The quantitative estimate of drug-likeness (QED) is 0.555. The molecule has 136 valence electrons. The number of fused-ring (bicyclic) bond motifs is 1. The fourth-order valence-corrected chi connectivity index (χ4v) is 3.72. The summed E-state index contributed by atoms with van der Waals surface area (Å²) in [5.74, 6) is 1.00.